The maximum absolute atomic E-state index is 5.61. The molecule has 0 radical (unpaired) electrons. The van der Waals surface area contributed by atoms with E-state index in [1.165, 1.54) is 5.56 Å². The lowest BCUT2D eigenvalue weighted by molar-refractivity contribution is 0.689. The fourth-order valence-electron chi connectivity index (χ4n) is 2.50. The number of hydrogen-bond acceptors (Lipinski definition) is 7. The standard InChI is InChI=1S/C17H19N7/c18-15-22-16(19)24-17(23-15)21-11-13(14-8-4-5-9-20-14)10-12-6-2-1-3-7-12/h1-9,13H,10-11H2,(H5,18,19,21,22,23,24). The van der Waals surface area contributed by atoms with E-state index in [1.807, 2.05) is 36.4 Å². The maximum atomic E-state index is 5.61. The number of nitrogens with two attached hydrogens (primary N) is 2. The van der Waals surface area contributed by atoms with Crippen molar-refractivity contribution in [1.29, 1.82) is 0 Å². The fourth-order valence-corrected chi connectivity index (χ4v) is 2.50. The van der Waals surface area contributed by atoms with Gasteiger partial charge in [0.15, 0.2) is 0 Å². The fraction of sp³-hybridized carbons (Fsp3) is 0.176. The van der Waals surface area contributed by atoms with E-state index < -0.39 is 0 Å². The zero-order chi connectivity index (χ0) is 16.8. The van der Waals surface area contributed by atoms with Crippen molar-refractivity contribution < 1.29 is 0 Å². The molecule has 0 saturated heterocycles. The van der Waals surface area contributed by atoms with E-state index in [9.17, 15) is 0 Å². The van der Waals surface area contributed by atoms with Crippen LogP contribution in [0.3, 0.4) is 0 Å². The lowest BCUT2D eigenvalue weighted by Crippen LogP contribution is -2.18. The van der Waals surface area contributed by atoms with Gasteiger partial charge in [0.2, 0.25) is 17.8 Å². The average Bonchev–Trinajstić information content (AvgIpc) is 2.59. The Hall–Kier alpha value is -3.22. The first-order valence-corrected chi connectivity index (χ1v) is 7.66. The van der Waals surface area contributed by atoms with Gasteiger partial charge in [-0.3, -0.25) is 4.98 Å². The van der Waals surface area contributed by atoms with Crippen LogP contribution in [-0.4, -0.2) is 26.5 Å². The molecule has 1 unspecified atom stereocenters. The largest absolute Gasteiger partial charge is 0.368 e. The molecular formula is C17H19N7. The summed E-state index contributed by atoms with van der Waals surface area (Å²) < 4.78 is 0. The van der Waals surface area contributed by atoms with Crippen molar-refractivity contribution in [1.82, 2.24) is 19.9 Å². The molecule has 0 aliphatic heterocycles. The van der Waals surface area contributed by atoms with Crippen molar-refractivity contribution in [3.05, 3.63) is 66.0 Å². The van der Waals surface area contributed by atoms with E-state index in [0.717, 1.165) is 12.1 Å². The second-order valence-corrected chi connectivity index (χ2v) is 5.40. The van der Waals surface area contributed by atoms with E-state index in [-0.39, 0.29) is 17.8 Å². The van der Waals surface area contributed by atoms with Crippen molar-refractivity contribution in [3.63, 3.8) is 0 Å². The number of rotatable bonds is 6. The Labute approximate surface area is 140 Å². The Morgan fingerprint density at radius 3 is 2.25 bits per heavy atom. The van der Waals surface area contributed by atoms with Crippen LogP contribution in [0.2, 0.25) is 0 Å². The van der Waals surface area contributed by atoms with E-state index >= 15 is 0 Å². The van der Waals surface area contributed by atoms with Gasteiger partial charge in [-0.15, -0.1) is 0 Å². The van der Waals surface area contributed by atoms with E-state index in [2.05, 4.69) is 37.4 Å². The van der Waals surface area contributed by atoms with Gasteiger partial charge in [-0.2, -0.15) is 15.0 Å². The number of anilines is 3. The lowest BCUT2D eigenvalue weighted by Gasteiger charge is -2.17. The summed E-state index contributed by atoms with van der Waals surface area (Å²) in [6.07, 6.45) is 2.65. The molecule has 0 fully saturated rings. The average molecular weight is 321 g/mol. The molecular weight excluding hydrogens is 302 g/mol. The Bertz CT molecular complexity index is 757. The van der Waals surface area contributed by atoms with Gasteiger partial charge in [-0.25, -0.2) is 0 Å². The second kappa shape index (κ2) is 7.36. The smallest absolute Gasteiger partial charge is 0.229 e. The van der Waals surface area contributed by atoms with Crippen molar-refractivity contribution in [2.75, 3.05) is 23.3 Å². The van der Waals surface area contributed by atoms with Crippen molar-refractivity contribution in [2.24, 2.45) is 0 Å². The Morgan fingerprint density at radius 2 is 1.58 bits per heavy atom. The molecule has 0 spiro atoms. The van der Waals surface area contributed by atoms with E-state index in [0.29, 0.717) is 12.5 Å². The van der Waals surface area contributed by atoms with Crippen molar-refractivity contribution in [2.45, 2.75) is 12.3 Å². The number of benzene rings is 1. The summed E-state index contributed by atoms with van der Waals surface area (Å²) >= 11 is 0. The summed E-state index contributed by atoms with van der Waals surface area (Å²) in [5, 5.41) is 3.18. The van der Waals surface area contributed by atoms with Gasteiger partial charge in [0.1, 0.15) is 0 Å². The zero-order valence-corrected chi connectivity index (χ0v) is 13.1. The quantitative estimate of drug-likeness (QED) is 0.634. The first kappa shape index (κ1) is 15.7. The molecule has 3 aromatic rings. The monoisotopic (exact) mass is 321 g/mol. The van der Waals surface area contributed by atoms with E-state index in [1.54, 1.807) is 6.20 Å². The molecule has 0 bridgehead atoms. The number of hydrogen-bond donors (Lipinski definition) is 3. The predicted octanol–water partition coefficient (Wildman–Crippen LogP) is 1.87. The molecule has 24 heavy (non-hydrogen) atoms. The number of nitrogen functional groups attached to an aromatic ring is 2. The highest BCUT2D eigenvalue weighted by Gasteiger charge is 2.14. The Morgan fingerprint density at radius 1 is 0.875 bits per heavy atom. The molecule has 7 nitrogen and oxygen atoms in total. The maximum Gasteiger partial charge on any atom is 0.229 e. The summed E-state index contributed by atoms with van der Waals surface area (Å²) in [6, 6.07) is 16.2. The molecule has 122 valence electrons. The topological polar surface area (TPSA) is 116 Å². The molecule has 0 saturated carbocycles. The minimum atomic E-state index is 0.0995. The van der Waals surface area contributed by atoms with Crippen LogP contribution in [0.5, 0.6) is 0 Å². The highest BCUT2D eigenvalue weighted by atomic mass is 15.2. The first-order chi connectivity index (χ1) is 11.7. The van der Waals surface area contributed by atoms with Crippen LogP contribution in [0.1, 0.15) is 17.2 Å². The third kappa shape index (κ3) is 4.16. The van der Waals surface area contributed by atoms with Gasteiger partial charge in [0.05, 0.1) is 0 Å². The van der Waals surface area contributed by atoms with Crippen molar-refractivity contribution in [3.8, 4) is 0 Å². The van der Waals surface area contributed by atoms with Crippen LogP contribution in [0.15, 0.2) is 54.7 Å². The van der Waals surface area contributed by atoms with Gasteiger partial charge in [0.25, 0.3) is 0 Å². The van der Waals surface area contributed by atoms with Gasteiger partial charge in [-0.1, -0.05) is 36.4 Å². The molecule has 0 aliphatic rings. The number of aromatic nitrogens is 4. The zero-order valence-electron chi connectivity index (χ0n) is 13.1. The minimum Gasteiger partial charge on any atom is -0.368 e. The Kier molecular flexibility index (Phi) is 4.81. The first-order valence-electron chi connectivity index (χ1n) is 7.66. The number of nitrogens with zero attached hydrogens (tertiary/aromatic N) is 4. The van der Waals surface area contributed by atoms with Gasteiger partial charge in [0, 0.05) is 24.4 Å². The molecule has 1 atom stereocenters. The van der Waals surface area contributed by atoms with Crippen molar-refractivity contribution >= 4 is 17.8 Å². The normalized spacial score (nSPS) is 11.8. The van der Waals surface area contributed by atoms with Gasteiger partial charge >= 0.3 is 0 Å². The molecule has 5 N–H and O–H groups in total. The molecule has 3 rings (SSSR count). The summed E-state index contributed by atoms with van der Waals surface area (Å²) in [4.78, 5) is 16.3. The molecule has 1 aromatic carbocycles. The van der Waals surface area contributed by atoms with Gasteiger partial charge in [-0.05, 0) is 24.1 Å². The predicted molar refractivity (Wildman–Crippen MR) is 94.3 cm³/mol. The molecule has 2 aromatic heterocycles. The van der Waals surface area contributed by atoms with Crippen LogP contribution in [0, 0.1) is 0 Å². The molecule has 7 heteroatoms. The van der Waals surface area contributed by atoms with Crippen LogP contribution >= 0.6 is 0 Å². The van der Waals surface area contributed by atoms with E-state index in [4.69, 9.17) is 11.5 Å². The molecule has 0 amide bonds. The Balaban J connectivity index is 1.77. The summed E-state index contributed by atoms with van der Waals surface area (Å²) in [5.41, 5.74) is 13.5. The number of pyridine rings is 1. The minimum absolute atomic E-state index is 0.0995. The molecule has 0 aliphatic carbocycles. The second-order valence-electron chi connectivity index (χ2n) is 5.40. The lowest BCUT2D eigenvalue weighted by atomic mass is 9.95. The number of nitrogens with one attached hydrogen (secondary N) is 1. The SMILES string of the molecule is Nc1nc(N)nc(NCC(Cc2ccccc2)c2ccccn2)n1. The summed E-state index contributed by atoms with van der Waals surface area (Å²) in [5.74, 6) is 0.728. The highest BCUT2D eigenvalue weighted by molar-refractivity contribution is 5.37. The van der Waals surface area contributed by atoms with Gasteiger partial charge < -0.3 is 16.8 Å². The summed E-state index contributed by atoms with van der Waals surface area (Å²) in [6.45, 7) is 0.606. The van der Waals surface area contributed by atoms with Crippen LogP contribution < -0.4 is 16.8 Å². The molecule has 2 heterocycles. The highest BCUT2D eigenvalue weighted by Crippen LogP contribution is 2.19. The third-order valence-electron chi connectivity index (χ3n) is 3.61. The van der Waals surface area contributed by atoms with Crippen LogP contribution in [-0.2, 0) is 6.42 Å². The van der Waals surface area contributed by atoms with Crippen LogP contribution in [0.4, 0.5) is 17.8 Å². The van der Waals surface area contributed by atoms with Crippen LogP contribution in [0.25, 0.3) is 0 Å². The summed E-state index contributed by atoms with van der Waals surface area (Å²) in [7, 11) is 0. The third-order valence-corrected chi connectivity index (χ3v) is 3.61.